The molecular weight excluding hydrogens is 432 g/mol. The van der Waals surface area contributed by atoms with Crippen LogP contribution in [-0.4, -0.2) is 56.2 Å². The lowest BCUT2D eigenvalue weighted by Crippen LogP contribution is -2.04. The molecule has 32 heavy (non-hydrogen) atoms. The summed E-state index contributed by atoms with van der Waals surface area (Å²) >= 11 is 0. The standard InChI is InChI=1S/C4H10O4S.C4H10O.C2H6O2.7C2H4/c1-2-3-4-8-9(5,6)7;1-3-5-4-2;3-1-2-4;7*1-2/h2-4H2,1H3,(H,5,6,7);3-4H2,1-2H3;3-4H,1-2H2;7*1-2H2. The minimum atomic E-state index is -4.20. The molecule has 7 nitrogen and oxygen atoms in total. The highest BCUT2D eigenvalue weighted by atomic mass is 32.3. The van der Waals surface area contributed by atoms with E-state index in [1.807, 2.05) is 20.8 Å². The summed E-state index contributed by atoms with van der Waals surface area (Å²) in [7, 11) is -4.20. The van der Waals surface area contributed by atoms with Gasteiger partial charge in [0.2, 0.25) is 0 Å². The fourth-order valence-corrected chi connectivity index (χ4v) is 0.841. The molecule has 0 rings (SSSR count). The van der Waals surface area contributed by atoms with Crippen molar-refractivity contribution in [2.24, 2.45) is 0 Å². The maximum atomic E-state index is 9.84. The van der Waals surface area contributed by atoms with Crippen LogP contribution in [-0.2, 0) is 19.3 Å². The van der Waals surface area contributed by atoms with Crippen LogP contribution in [0.5, 0.6) is 0 Å². The van der Waals surface area contributed by atoms with Gasteiger partial charge in [-0.1, -0.05) is 13.3 Å². The Hall–Kier alpha value is -2.07. The first-order chi connectivity index (χ1) is 15.4. The molecule has 0 fully saturated rings. The number of aliphatic hydroxyl groups is 2. The van der Waals surface area contributed by atoms with Crippen molar-refractivity contribution in [2.45, 2.75) is 33.6 Å². The minimum absolute atomic E-state index is 0.0648. The number of hydrogen-bond acceptors (Lipinski definition) is 6. The summed E-state index contributed by atoms with van der Waals surface area (Å²) in [5.74, 6) is 0. The number of rotatable bonds is 7. The molecule has 0 saturated carbocycles. The summed E-state index contributed by atoms with van der Waals surface area (Å²) in [5.41, 5.74) is 0. The highest BCUT2D eigenvalue weighted by Gasteiger charge is 2.00. The van der Waals surface area contributed by atoms with Crippen LogP contribution >= 0.6 is 0 Å². The summed E-state index contributed by atoms with van der Waals surface area (Å²) in [4.78, 5) is 0. The summed E-state index contributed by atoms with van der Waals surface area (Å²) in [6.45, 7) is 49.4. The molecule has 0 amide bonds. The van der Waals surface area contributed by atoms with Gasteiger partial charge in [0.25, 0.3) is 0 Å². The Morgan fingerprint density at radius 1 is 0.625 bits per heavy atom. The van der Waals surface area contributed by atoms with Crippen LogP contribution in [0.1, 0.15) is 33.6 Å². The number of hydrogen-bond donors (Lipinski definition) is 3. The molecule has 0 spiro atoms. The molecule has 0 aliphatic rings. The minimum Gasteiger partial charge on any atom is -0.394 e. The van der Waals surface area contributed by atoms with Crippen LogP contribution in [0.2, 0.25) is 0 Å². The summed E-state index contributed by atoms with van der Waals surface area (Å²) in [5, 5.41) is 15.2. The van der Waals surface area contributed by atoms with Gasteiger partial charge in [-0.25, -0.2) is 4.18 Å². The Kier molecular flexibility index (Phi) is 266. The van der Waals surface area contributed by atoms with Crippen molar-refractivity contribution >= 4 is 10.4 Å². The van der Waals surface area contributed by atoms with Gasteiger partial charge in [0, 0.05) is 13.2 Å². The average molecular weight is 487 g/mol. The fraction of sp³-hybridized carbons (Fsp3) is 0.417. The van der Waals surface area contributed by atoms with Crippen molar-refractivity contribution < 1.29 is 32.1 Å². The third kappa shape index (κ3) is 422. The highest BCUT2D eigenvalue weighted by Crippen LogP contribution is 1.91. The van der Waals surface area contributed by atoms with Crippen LogP contribution in [0.15, 0.2) is 92.1 Å². The molecule has 0 aromatic carbocycles. The van der Waals surface area contributed by atoms with Gasteiger partial charge in [0.05, 0.1) is 19.8 Å². The maximum Gasteiger partial charge on any atom is 0.397 e. The van der Waals surface area contributed by atoms with Crippen molar-refractivity contribution in [2.75, 3.05) is 33.0 Å². The van der Waals surface area contributed by atoms with Crippen molar-refractivity contribution in [3.8, 4) is 0 Å². The molecular formula is C24H54O7S. The van der Waals surface area contributed by atoms with Crippen molar-refractivity contribution in [3.05, 3.63) is 92.1 Å². The van der Waals surface area contributed by atoms with E-state index in [2.05, 4.69) is 96.3 Å². The molecule has 0 aliphatic carbocycles. The Morgan fingerprint density at radius 3 is 0.969 bits per heavy atom. The predicted molar refractivity (Wildman–Crippen MR) is 148 cm³/mol. The van der Waals surface area contributed by atoms with E-state index >= 15 is 0 Å². The third-order valence-corrected chi connectivity index (χ3v) is 1.70. The second-order valence-corrected chi connectivity index (χ2v) is 3.92. The first kappa shape index (κ1) is 63.1. The summed E-state index contributed by atoms with van der Waals surface area (Å²) in [6, 6.07) is 0. The number of ether oxygens (including phenoxy) is 1. The van der Waals surface area contributed by atoms with Gasteiger partial charge in [-0.15, -0.1) is 92.1 Å². The lowest BCUT2D eigenvalue weighted by atomic mass is 10.4. The number of unbranched alkanes of at least 4 members (excludes halogenated alkanes) is 1. The van der Waals surface area contributed by atoms with Gasteiger partial charge in [0.1, 0.15) is 0 Å². The van der Waals surface area contributed by atoms with E-state index in [9.17, 15) is 8.42 Å². The summed E-state index contributed by atoms with van der Waals surface area (Å²) in [6.07, 6.45) is 1.48. The molecule has 0 aliphatic heterocycles. The van der Waals surface area contributed by atoms with Gasteiger partial charge >= 0.3 is 10.4 Å². The Bertz CT molecular complexity index is 288. The Balaban J connectivity index is -0.0000000230. The zero-order chi connectivity index (χ0) is 28.9. The van der Waals surface area contributed by atoms with Gasteiger partial charge in [-0.3, -0.25) is 4.55 Å². The smallest absolute Gasteiger partial charge is 0.394 e. The molecule has 0 radical (unpaired) electrons. The van der Waals surface area contributed by atoms with Gasteiger partial charge < -0.3 is 14.9 Å². The zero-order valence-corrected chi connectivity index (χ0v) is 22.0. The van der Waals surface area contributed by atoms with Crippen LogP contribution in [0.4, 0.5) is 0 Å². The van der Waals surface area contributed by atoms with Crippen LogP contribution < -0.4 is 0 Å². The first-order valence-electron chi connectivity index (χ1n) is 9.30. The van der Waals surface area contributed by atoms with Crippen molar-refractivity contribution in [1.82, 2.24) is 0 Å². The Labute approximate surface area is 201 Å². The molecule has 0 aromatic rings. The normalized spacial score (nSPS) is 6.44. The second-order valence-electron chi connectivity index (χ2n) is 2.83. The molecule has 3 N–H and O–H groups in total. The monoisotopic (exact) mass is 486 g/mol. The quantitative estimate of drug-likeness (QED) is 0.222. The zero-order valence-electron chi connectivity index (χ0n) is 21.2. The van der Waals surface area contributed by atoms with E-state index in [0.717, 1.165) is 19.6 Å². The molecule has 8 heteroatoms. The number of aliphatic hydroxyl groups excluding tert-OH is 2. The molecule has 0 atom stereocenters. The van der Waals surface area contributed by atoms with Gasteiger partial charge in [0.15, 0.2) is 0 Å². The molecule has 198 valence electrons. The largest absolute Gasteiger partial charge is 0.397 e. The average Bonchev–Trinajstić information content (AvgIpc) is 2.88. The van der Waals surface area contributed by atoms with Crippen molar-refractivity contribution in [1.29, 1.82) is 0 Å². The Morgan fingerprint density at radius 2 is 0.875 bits per heavy atom. The van der Waals surface area contributed by atoms with Gasteiger partial charge in [-0.2, -0.15) is 8.42 Å². The molecule has 0 aromatic heterocycles. The van der Waals surface area contributed by atoms with Crippen LogP contribution in [0.3, 0.4) is 0 Å². The molecule has 0 bridgehead atoms. The van der Waals surface area contributed by atoms with E-state index in [0.29, 0.717) is 6.42 Å². The van der Waals surface area contributed by atoms with Gasteiger partial charge in [-0.05, 0) is 20.3 Å². The van der Waals surface area contributed by atoms with Crippen molar-refractivity contribution in [3.63, 3.8) is 0 Å². The van der Waals surface area contributed by atoms with E-state index in [1.165, 1.54) is 0 Å². The lowest BCUT2D eigenvalue weighted by molar-refractivity contribution is 0.162. The van der Waals surface area contributed by atoms with E-state index in [-0.39, 0.29) is 19.8 Å². The van der Waals surface area contributed by atoms with Crippen LogP contribution in [0, 0.1) is 0 Å². The highest BCUT2D eigenvalue weighted by molar-refractivity contribution is 7.80. The topological polar surface area (TPSA) is 113 Å². The molecule has 0 unspecified atom stereocenters. The molecule has 0 heterocycles. The lowest BCUT2D eigenvalue weighted by Gasteiger charge is -1.95. The van der Waals surface area contributed by atoms with E-state index in [4.69, 9.17) is 19.5 Å². The summed E-state index contributed by atoms with van der Waals surface area (Å²) < 4.78 is 36.5. The van der Waals surface area contributed by atoms with E-state index in [1.54, 1.807) is 0 Å². The van der Waals surface area contributed by atoms with Crippen LogP contribution in [0.25, 0.3) is 0 Å². The maximum absolute atomic E-state index is 9.84. The first-order valence-corrected chi connectivity index (χ1v) is 10.7. The molecule has 0 saturated heterocycles. The van der Waals surface area contributed by atoms with E-state index < -0.39 is 10.4 Å². The predicted octanol–water partition coefficient (Wildman–Crippen LogP) is 6.24. The second kappa shape index (κ2) is 135. The SMILES string of the molecule is C=C.C=C.C=C.C=C.C=C.C=C.C=C.CCCCOS(=O)(=O)O.CCOCC.OCCO. The fourth-order valence-electron chi connectivity index (χ4n) is 0.513. The third-order valence-electron chi connectivity index (χ3n) is 1.24.